The van der Waals surface area contributed by atoms with Crippen LogP contribution in [0.1, 0.15) is 20.8 Å². The maximum atomic E-state index is 11.5. The summed E-state index contributed by atoms with van der Waals surface area (Å²) in [6.07, 6.45) is 0. The van der Waals surface area contributed by atoms with Crippen molar-refractivity contribution >= 4 is 28.8 Å². The second-order valence-electron chi connectivity index (χ2n) is 3.83. The smallest absolute Gasteiger partial charge is 0.275 e. The summed E-state index contributed by atoms with van der Waals surface area (Å²) in [6.45, 7) is 0.747. The van der Waals surface area contributed by atoms with Gasteiger partial charge in [0.15, 0.2) is 0 Å². The lowest BCUT2D eigenvalue weighted by molar-refractivity contribution is 0.0934. The van der Waals surface area contributed by atoms with E-state index in [9.17, 15) is 4.79 Å². The van der Waals surface area contributed by atoms with Crippen LogP contribution in [0.5, 0.6) is 0 Å². The molecule has 0 radical (unpaired) electrons. The van der Waals surface area contributed by atoms with E-state index >= 15 is 0 Å². The molecular weight excluding hydrogens is 284 g/mol. The van der Waals surface area contributed by atoms with Crippen molar-refractivity contribution < 1.29 is 9.53 Å². The number of carbonyl (C=O) groups is 1. The van der Waals surface area contributed by atoms with Gasteiger partial charge in [-0.05, 0) is 23.1 Å². The molecule has 0 bridgehead atoms. The molecule has 0 aliphatic carbocycles. The Balaban J connectivity index is 1.95. The first kappa shape index (κ1) is 14.0. The molecule has 2 aromatic rings. The monoisotopic (exact) mass is 296 g/mol. The fourth-order valence-corrected chi connectivity index (χ4v) is 2.60. The van der Waals surface area contributed by atoms with Gasteiger partial charge in [0.25, 0.3) is 5.91 Å². The topological polar surface area (TPSA) is 64.3 Å². The van der Waals surface area contributed by atoms with E-state index in [2.05, 4.69) is 5.43 Å². The summed E-state index contributed by atoms with van der Waals surface area (Å²) in [4.78, 5) is 12.1. The number of rotatable bonds is 5. The van der Waals surface area contributed by atoms with E-state index in [0.29, 0.717) is 23.1 Å². The summed E-state index contributed by atoms with van der Waals surface area (Å²) < 4.78 is 5.58. The number of nitrogens with one attached hydrogen (secondary N) is 1. The molecule has 0 aliphatic heterocycles. The van der Waals surface area contributed by atoms with Crippen molar-refractivity contribution in [1.82, 2.24) is 5.43 Å². The van der Waals surface area contributed by atoms with Crippen molar-refractivity contribution in [2.45, 2.75) is 13.2 Å². The van der Waals surface area contributed by atoms with E-state index < -0.39 is 0 Å². The molecule has 1 amide bonds. The van der Waals surface area contributed by atoms with Crippen LogP contribution >= 0.6 is 22.9 Å². The number of hydrogen-bond donors (Lipinski definition) is 2. The summed E-state index contributed by atoms with van der Waals surface area (Å²) in [5, 5.41) is 2.51. The molecule has 0 atom stereocenters. The highest BCUT2D eigenvalue weighted by atomic mass is 35.5. The van der Waals surface area contributed by atoms with Crippen LogP contribution in [-0.4, -0.2) is 5.91 Å². The van der Waals surface area contributed by atoms with Gasteiger partial charge >= 0.3 is 0 Å². The number of hydrogen-bond acceptors (Lipinski definition) is 4. The van der Waals surface area contributed by atoms with Crippen LogP contribution in [-0.2, 0) is 18.0 Å². The number of nitrogen functional groups attached to an aromatic ring is 1. The number of amides is 1. The van der Waals surface area contributed by atoms with Crippen LogP contribution in [0.15, 0.2) is 35.7 Å². The number of benzene rings is 1. The molecule has 0 unspecified atom stereocenters. The number of ether oxygens (including phenoxy) is 1. The Hall–Kier alpha value is -1.40. The number of carbonyl (C=O) groups excluding carboxylic acids is 1. The van der Waals surface area contributed by atoms with Crippen LogP contribution in [0.2, 0.25) is 5.02 Å². The first-order valence-corrected chi connectivity index (χ1v) is 6.86. The van der Waals surface area contributed by atoms with Crippen LogP contribution in [0, 0.1) is 0 Å². The Bertz CT molecular complexity index is 571. The number of hydrazine groups is 1. The molecular formula is C13H13ClN2O2S. The van der Waals surface area contributed by atoms with E-state index in [1.807, 2.05) is 35.7 Å². The van der Waals surface area contributed by atoms with E-state index in [1.165, 1.54) is 11.3 Å². The van der Waals surface area contributed by atoms with Crippen LogP contribution < -0.4 is 11.3 Å². The minimum absolute atomic E-state index is 0.300. The zero-order chi connectivity index (χ0) is 13.7. The molecule has 1 aromatic heterocycles. The lowest BCUT2D eigenvalue weighted by Gasteiger charge is -2.06. The molecule has 0 saturated carbocycles. The second kappa shape index (κ2) is 6.68. The number of nitrogens with two attached hydrogens (primary N) is 1. The van der Waals surface area contributed by atoms with Crippen LogP contribution in [0.25, 0.3) is 0 Å². The first-order chi connectivity index (χ1) is 9.22. The van der Waals surface area contributed by atoms with Crippen molar-refractivity contribution in [2.24, 2.45) is 5.84 Å². The highest BCUT2D eigenvalue weighted by Gasteiger charge is 2.12. The predicted molar refractivity (Wildman–Crippen MR) is 75.9 cm³/mol. The van der Waals surface area contributed by atoms with Crippen LogP contribution in [0.3, 0.4) is 0 Å². The van der Waals surface area contributed by atoms with Crippen molar-refractivity contribution in [3.8, 4) is 0 Å². The van der Waals surface area contributed by atoms with E-state index in [1.54, 1.807) is 0 Å². The molecule has 1 aromatic carbocycles. The Morgan fingerprint density at radius 1 is 1.26 bits per heavy atom. The molecule has 0 fully saturated rings. The third-order valence-electron chi connectivity index (χ3n) is 2.56. The fourth-order valence-electron chi connectivity index (χ4n) is 1.60. The summed E-state index contributed by atoms with van der Waals surface area (Å²) >= 11 is 7.36. The van der Waals surface area contributed by atoms with Crippen molar-refractivity contribution in [3.63, 3.8) is 0 Å². The fraction of sp³-hybridized carbons (Fsp3) is 0.154. The molecule has 0 saturated heterocycles. The van der Waals surface area contributed by atoms with Gasteiger partial charge in [-0.3, -0.25) is 10.2 Å². The van der Waals surface area contributed by atoms with Crippen molar-refractivity contribution in [2.75, 3.05) is 0 Å². The van der Waals surface area contributed by atoms with Gasteiger partial charge in [-0.1, -0.05) is 29.8 Å². The van der Waals surface area contributed by atoms with E-state index in [4.69, 9.17) is 22.2 Å². The number of thiophene rings is 1. The van der Waals surface area contributed by atoms with E-state index in [-0.39, 0.29) is 5.91 Å². The lowest BCUT2D eigenvalue weighted by atomic mass is 10.2. The summed E-state index contributed by atoms with van der Waals surface area (Å²) in [5.41, 5.74) is 3.86. The van der Waals surface area contributed by atoms with Gasteiger partial charge in [0, 0.05) is 10.6 Å². The standard InChI is InChI=1S/C13H13ClN2O2S/c14-11-4-2-1-3-9(11)7-18-8-10-5-6-19-12(10)13(17)16-15/h1-6H,7-8,15H2,(H,16,17). The van der Waals surface area contributed by atoms with Gasteiger partial charge in [-0.15, -0.1) is 11.3 Å². The van der Waals surface area contributed by atoms with Gasteiger partial charge in [-0.2, -0.15) is 0 Å². The SMILES string of the molecule is NNC(=O)c1sccc1COCc1ccccc1Cl. The Morgan fingerprint density at radius 2 is 2.00 bits per heavy atom. The molecule has 6 heteroatoms. The van der Waals surface area contributed by atoms with Gasteiger partial charge < -0.3 is 4.74 Å². The molecule has 0 aliphatic rings. The lowest BCUT2D eigenvalue weighted by Crippen LogP contribution is -2.30. The average molecular weight is 297 g/mol. The van der Waals surface area contributed by atoms with Gasteiger partial charge in [0.05, 0.1) is 18.1 Å². The van der Waals surface area contributed by atoms with Gasteiger partial charge in [0.1, 0.15) is 0 Å². The molecule has 100 valence electrons. The highest BCUT2D eigenvalue weighted by Crippen LogP contribution is 2.20. The molecule has 19 heavy (non-hydrogen) atoms. The summed E-state index contributed by atoms with van der Waals surface area (Å²) in [5.74, 6) is 4.82. The zero-order valence-electron chi connectivity index (χ0n) is 10.1. The van der Waals surface area contributed by atoms with Crippen molar-refractivity contribution in [3.05, 3.63) is 56.7 Å². The van der Waals surface area contributed by atoms with Gasteiger partial charge in [0.2, 0.25) is 0 Å². The summed E-state index contributed by atoms with van der Waals surface area (Å²) in [6, 6.07) is 9.35. The largest absolute Gasteiger partial charge is 0.372 e. The van der Waals surface area contributed by atoms with Crippen LogP contribution in [0.4, 0.5) is 0 Å². The Labute approximate surface area is 120 Å². The molecule has 3 N–H and O–H groups in total. The zero-order valence-corrected chi connectivity index (χ0v) is 11.6. The number of halogens is 1. The van der Waals surface area contributed by atoms with E-state index in [0.717, 1.165) is 11.1 Å². The maximum absolute atomic E-state index is 11.5. The minimum atomic E-state index is -0.300. The summed E-state index contributed by atoms with van der Waals surface area (Å²) in [7, 11) is 0. The quantitative estimate of drug-likeness (QED) is 0.506. The third kappa shape index (κ3) is 3.54. The molecule has 4 nitrogen and oxygen atoms in total. The molecule has 1 heterocycles. The third-order valence-corrected chi connectivity index (χ3v) is 3.88. The molecule has 2 rings (SSSR count). The highest BCUT2D eigenvalue weighted by molar-refractivity contribution is 7.12. The Kier molecular flexibility index (Phi) is 4.93. The van der Waals surface area contributed by atoms with Gasteiger partial charge in [-0.25, -0.2) is 5.84 Å². The minimum Gasteiger partial charge on any atom is -0.372 e. The Morgan fingerprint density at radius 3 is 2.74 bits per heavy atom. The predicted octanol–water partition coefficient (Wildman–Crippen LogP) is 2.72. The van der Waals surface area contributed by atoms with Crippen molar-refractivity contribution in [1.29, 1.82) is 0 Å². The maximum Gasteiger partial charge on any atom is 0.275 e. The second-order valence-corrected chi connectivity index (χ2v) is 5.16. The normalized spacial score (nSPS) is 10.4. The average Bonchev–Trinajstić information content (AvgIpc) is 2.88. The molecule has 0 spiro atoms. The first-order valence-electron chi connectivity index (χ1n) is 5.61.